The van der Waals surface area contributed by atoms with Crippen molar-refractivity contribution in [3.05, 3.63) is 0 Å². The minimum atomic E-state index is -0.889. The summed E-state index contributed by atoms with van der Waals surface area (Å²) in [4.78, 5) is 21.7. The number of hydrogen-bond acceptors (Lipinski definition) is 2. The van der Waals surface area contributed by atoms with E-state index in [1.807, 2.05) is 6.92 Å². The third kappa shape index (κ3) is 1.99. The Labute approximate surface area is 77.1 Å². The van der Waals surface area contributed by atoms with Gasteiger partial charge in [-0.2, -0.15) is 0 Å². The summed E-state index contributed by atoms with van der Waals surface area (Å²) in [7, 11) is 0. The lowest BCUT2D eigenvalue weighted by atomic mass is 9.96. The molecule has 3 atom stereocenters. The molecule has 0 aliphatic heterocycles. The molecular weight excluding hydrogens is 170 g/mol. The van der Waals surface area contributed by atoms with Gasteiger partial charge >= 0.3 is 5.97 Å². The Morgan fingerprint density at radius 3 is 2.23 bits per heavy atom. The van der Waals surface area contributed by atoms with Gasteiger partial charge in [-0.05, 0) is 18.8 Å². The Hall–Kier alpha value is -1.06. The van der Waals surface area contributed by atoms with Crippen LogP contribution in [0.4, 0.5) is 0 Å². The van der Waals surface area contributed by atoms with E-state index in [9.17, 15) is 9.59 Å². The van der Waals surface area contributed by atoms with Crippen LogP contribution in [0, 0.1) is 17.8 Å². The van der Waals surface area contributed by atoms with Crippen LogP contribution in [0.1, 0.15) is 26.2 Å². The molecule has 1 aliphatic carbocycles. The van der Waals surface area contributed by atoms with Crippen molar-refractivity contribution >= 4 is 11.9 Å². The lowest BCUT2D eigenvalue weighted by molar-refractivity contribution is -0.145. The first kappa shape index (κ1) is 10.0. The lowest BCUT2D eigenvalue weighted by Crippen LogP contribution is -2.30. The van der Waals surface area contributed by atoms with Crippen molar-refractivity contribution < 1.29 is 14.7 Å². The monoisotopic (exact) mass is 185 g/mol. The van der Waals surface area contributed by atoms with Gasteiger partial charge in [-0.15, -0.1) is 0 Å². The van der Waals surface area contributed by atoms with E-state index in [1.54, 1.807) is 0 Å². The molecule has 0 aromatic heterocycles. The number of carboxylic acids is 1. The van der Waals surface area contributed by atoms with Crippen molar-refractivity contribution in [1.82, 2.24) is 0 Å². The van der Waals surface area contributed by atoms with Gasteiger partial charge in [0.1, 0.15) is 0 Å². The molecule has 4 nitrogen and oxygen atoms in total. The van der Waals surface area contributed by atoms with E-state index in [4.69, 9.17) is 10.8 Å². The zero-order chi connectivity index (χ0) is 10.0. The topological polar surface area (TPSA) is 80.4 Å². The summed E-state index contributed by atoms with van der Waals surface area (Å²) < 4.78 is 0. The highest BCUT2D eigenvalue weighted by atomic mass is 16.4. The molecular formula is C9H15NO3. The van der Waals surface area contributed by atoms with Crippen LogP contribution in [0.5, 0.6) is 0 Å². The van der Waals surface area contributed by atoms with E-state index in [0.29, 0.717) is 18.8 Å². The Morgan fingerprint density at radius 2 is 1.92 bits per heavy atom. The quantitative estimate of drug-likeness (QED) is 0.676. The summed E-state index contributed by atoms with van der Waals surface area (Å²) in [5.41, 5.74) is 5.14. The smallest absolute Gasteiger partial charge is 0.307 e. The lowest BCUT2D eigenvalue weighted by Gasteiger charge is -2.10. The minimum absolute atomic E-state index is 0.346. The number of rotatable bonds is 3. The predicted molar refractivity (Wildman–Crippen MR) is 46.8 cm³/mol. The zero-order valence-corrected chi connectivity index (χ0v) is 7.69. The van der Waals surface area contributed by atoms with Gasteiger partial charge < -0.3 is 10.8 Å². The SMILES string of the molecule is CCC1C[C@H](C(N)=O)[C@H](C(=O)O)C1. The van der Waals surface area contributed by atoms with E-state index < -0.39 is 23.7 Å². The highest BCUT2D eigenvalue weighted by Gasteiger charge is 2.40. The molecule has 0 bridgehead atoms. The number of hydrogen-bond donors (Lipinski definition) is 2. The number of carboxylic acid groups (broad SMARTS) is 1. The predicted octanol–water partition coefficient (Wildman–Crippen LogP) is 0.609. The molecule has 3 N–H and O–H groups in total. The summed E-state index contributed by atoms with van der Waals surface area (Å²) in [6.07, 6.45) is 2.16. The average molecular weight is 185 g/mol. The molecule has 1 fully saturated rings. The van der Waals surface area contributed by atoms with Gasteiger partial charge in [0, 0.05) is 0 Å². The number of primary amides is 1. The maximum absolute atomic E-state index is 10.9. The third-order valence-corrected chi connectivity index (χ3v) is 2.92. The first-order chi connectivity index (χ1) is 6.06. The van der Waals surface area contributed by atoms with Crippen LogP contribution in [-0.4, -0.2) is 17.0 Å². The van der Waals surface area contributed by atoms with Gasteiger partial charge in [0.25, 0.3) is 0 Å². The van der Waals surface area contributed by atoms with E-state index in [2.05, 4.69) is 0 Å². The van der Waals surface area contributed by atoms with Crippen molar-refractivity contribution in [1.29, 1.82) is 0 Å². The molecule has 0 aromatic carbocycles. The molecule has 1 rings (SSSR count). The number of carbonyl (C=O) groups excluding carboxylic acids is 1. The van der Waals surface area contributed by atoms with Gasteiger partial charge in [0.2, 0.25) is 5.91 Å². The van der Waals surface area contributed by atoms with Crippen LogP contribution in [0.3, 0.4) is 0 Å². The fourth-order valence-corrected chi connectivity index (χ4v) is 2.06. The Morgan fingerprint density at radius 1 is 1.38 bits per heavy atom. The summed E-state index contributed by atoms with van der Waals surface area (Å²) >= 11 is 0. The molecule has 0 saturated heterocycles. The molecule has 13 heavy (non-hydrogen) atoms. The van der Waals surface area contributed by atoms with Gasteiger partial charge in [-0.1, -0.05) is 13.3 Å². The highest BCUT2D eigenvalue weighted by Crippen LogP contribution is 2.37. The number of amides is 1. The number of carbonyl (C=O) groups is 2. The van der Waals surface area contributed by atoms with Crippen molar-refractivity contribution in [3.8, 4) is 0 Å². The molecule has 0 aromatic rings. The van der Waals surface area contributed by atoms with Gasteiger partial charge in [-0.3, -0.25) is 9.59 Å². The standard InChI is InChI=1S/C9H15NO3/c1-2-5-3-6(8(10)11)7(4-5)9(12)13/h5-7H,2-4H2,1H3,(H2,10,11)(H,12,13)/t5?,6-,7+/m0/s1. The molecule has 1 unspecified atom stereocenters. The Kier molecular flexibility index (Phi) is 2.90. The van der Waals surface area contributed by atoms with Gasteiger partial charge in [0.05, 0.1) is 11.8 Å². The first-order valence-corrected chi connectivity index (χ1v) is 4.58. The van der Waals surface area contributed by atoms with E-state index in [-0.39, 0.29) is 0 Å². The minimum Gasteiger partial charge on any atom is -0.481 e. The van der Waals surface area contributed by atoms with E-state index in [0.717, 1.165) is 6.42 Å². The van der Waals surface area contributed by atoms with Crippen LogP contribution in [-0.2, 0) is 9.59 Å². The van der Waals surface area contributed by atoms with Crippen LogP contribution >= 0.6 is 0 Å². The molecule has 1 aliphatic rings. The molecule has 0 radical (unpaired) electrons. The number of aliphatic carboxylic acids is 1. The van der Waals surface area contributed by atoms with E-state index in [1.165, 1.54) is 0 Å². The molecule has 0 heterocycles. The largest absolute Gasteiger partial charge is 0.481 e. The van der Waals surface area contributed by atoms with Crippen molar-refractivity contribution in [2.75, 3.05) is 0 Å². The Bertz CT molecular complexity index is 205. The van der Waals surface area contributed by atoms with Gasteiger partial charge in [-0.25, -0.2) is 0 Å². The summed E-state index contributed by atoms with van der Waals surface area (Å²) in [6, 6.07) is 0. The van der Waals surface area contributed by atoms with Crippen LogP contribution in [0.15, 0.2) is 0 Å². The molecule has 74 valence electrons. The van der Waals surface area contributed by atoms with Crippen molar-refractivity contribution in [2.45, 2.75) is 26.2 Å². The Balaban J connectivity index is 2.71. The van der Waals surface area contributed by atoms with Crippen molar-refractivity contribution in [3.63, 3.8) is 0 Å². The maximum atomic E-state index is 10.9. The highest BCUT2D eigenvalue weighted by molar-refractivity contribution is 5.84. The maximum Gasteiger partial charge on any atom is 0.307 e. The van der Waals surface area contributed by atoms with Crippen LogP contribution in [0.25, 0.3) is 0 Å². The van der Waals surface area contributed by atoms with Crippen molar-refractivity contribution in [2.24, 2.45) is 23.5 Å². The molecule has 1 amide bonds. The third-order valence-electron chi connectivity index (χ3n) is 2.92. The van der Waals surface area contributed by atoms with Crippen LogP contribution < -0.4 is 5.73 Å². The number of nitrogens with two attached hydrogens (primary N) is 1. The fourth-order valence-electron chi connectivity index (χ4n) is 2.06. The summed E-state index contributed by atoms with van der Waals surface area (Å²) in [6.45, 7) is 2.01. The second kappa shape index (κ2) is 3.77. The molecule has 1 saturated carbocycles. The van der Waals surface area contributed by atoms with E-state index >= 15 is 0 Å². The summed E-state index contributed by atoms with van der Waals surface area (Å²) in [5, 5.41) is 8.84. The van der Waals surface area contributed by atoms with Gasteiger partial charge in [0.15, 0.2) is 0 Å². The second-order valence-corrected chi connectivity index (χ2v) is 3.70. The second-order valence-electron chi connectivity index (χ2n) is 3.70. The summed E-state index contributed by atoms with van der Waals surface area (Å²) in [5.74, 6) is -2.02. The normalized spacial score (nSPS) is 33.2. The van der Waals surface area contributed by atoms with Crippen LogP contribution in [0.2, 0.25) is 0 Å². The average Bonchev–Trinajstić information content (AvgIpc) is 2.47. The molecule has 0 spiro atoms. The zero-order valence-electron chi connectivity index (χ0n) is 7.69. The fraction of sp³-hybridized carbons (Fsp3) is 0.778. The molecule has 4 heteroatoms. The first-order valence-electron chi connectivity index (χ1n) is 4.58.